The Bertz CT molecular complexity index is 434. The Morgan fingerprint density at radius 2 is 2.00 bits per heavy atom. The standard InChI is InChI=1S/C13H21N3O5/c14-10(17)9-1-4-16(7-9)12(20)15-8-13(11(18)19)2-5-21-6-3-13/h9H,1-8H2,(H2,14,17)(H,15,20)(H,18,19). The molecule has 0 aromatic heterocycles. The van der Waals surface area contributed by atoms with E-state index in [0.717, 1.165) is 0 Å². The molecule has 1 unspecified atom stereocenters. The summed E-state index contributed by atoms with van der Waals surface area (Å²) in [5, 5.41) is 12.1. The van der Waals surface area contributed by atoms with Crippen molar-refractivity contribution in [3.8, 4) is 0 Å². The molecular weight excluding hydrogens is 278 g/mol. The highest BCUT2D eigenvalue weighted by Crippen LogP contribution is 2.30. The van der Waals surface area contributed by atoms with Crippen LogP contribution in [0.15, 0.2) is 0 Å². The van der Waals surface area contributed by atoms with Crippen LogP contribution in [0, 0.1) is 11.3 Å². The van der Waals surface area contributed by atoms with Crippen LogP contribution in [0.25, 0.3) is 0 Å². The summed E-state index contributed by atoms with van der Waals surface area (Å²) in [6.45, 7) is 1.60. The highest BCUT2D eigenvalue weighted by molar-refractivity contribution is 5.81. The van der Waals surface area contributed by atoms with Gasteiger partial charge in [-0.25, -0.2) is 4.79 Å². The molecular formula is C13H21N3O5. The first-order chi connectivity index (χ1) is 9.94. The van der Waals surface area contributed by atoms with Crippen LogP contribution in [-0.4, -0.2) is 60.8 Å². The van der Waals surface area contributed by atoms with Gasteiger partial charge in [-0.1, -0.05) is 0 Å². The maximum absolute atomic E-state index is 12.1. The number of amides is 3. The summed E-state index contributed by atoms with van der Waals surface area (Å²) < 4.78 is 5.18. The molecule has 21 heavy (non-hydrogen) atoms. The highest BCUT2D eigenvalue weighted by atomic mass is 16.5. The Morgan fingerprint density at radius 3 is 2.52 bits per heavy atom. The average Bonchev–Trinajstić information content (AvgIpc) is 2.95. The van der Waals surface area contributed by atoms with Crippen molar-refractivity contribution in [2.75, 3.05) is 32.8 Å². The third-order valence-electron chi connectivity index (χ3n) is 4.36. The van der Waals surface area contributed by atoms with Gasteiger partial charge in [0, 0.05) is 32.8 Å². The van der Waals surface area contributed by atoms with Crippen LogP contribution in [-0.2, 0) is 14.3 Å². The van der Waals surface area contributed by atoms with E-state index in [9.17, 15) is 19.5 Å². The second kappa shape index (κ2) is 6.30. The van der Waals surface area contributed by atoms with Crippen molar-refractivity contribution in [3.05, 3.63) is 0 Å². The number of primary amides is 1. The van der Waals surface area contributed by atoms with Gasteiger partial charge in [0.1, 0.15) is 0 Å². The molecule has 2 saturated heterocycles. The normalized spacial score (nSPS) is 24.6. The minimum absolute atomic E-state index is 0.0717. The van der Waals surface area contributed by atoms with Crippen molar-refractivity contribution >= 4 is 17.9 Å². The lowest BCUT2D eigenvalue weighted by atomic mass is 9.80. The Hall–Kier alpha value is -1.83. The first kappa shape index (κ1) is 15.6. The minimum atomic E-state index is -0.962. The maximum Gasteiger partial charge on any atom is 0.317 e. The molecule has 8 nitrogen and oxygen atoms in total. The second-order valence-electron chi connectivity index (χ2n) is 5.69. The number of hydrogen-bond donors (Lipinski definition) is 3. The van der Waals surface area contributed by atoms with Crippen molar-refractivity contribution in [2.45, 2.75) is 19.3 Å². The van der Waals surface area contributed by atoms with E-state index in [2.05, 4.69) is 5.32 Å². The molecule has 4 N–H and O–H groups in total. The molecule has 0 saturated carbocycles. The predicted molar refractivity (Wildman–Crippen MR) is 72.4 cm³/mol. The van der Waals surface area contributed by atoms with E-state index in [-0.39, 0.29) is 18.5 Å². The van der Waals surface area contributed by atoms with Crippen LogP contribution in [0.1, 0.15) is 19.3 Å². The number of likely N-dealkylation sites (tertiary alicyclic amines) is 1. The number of rotatable bonds is 4. The zero-order valence-electron chi connectivity index (χ0n) is 11.8. The van der Waals surface area contributed by atoms with Gasteiger partial charge in [0.05, 0.1) is 11.3 Å². The van der Waals surface area contributed by atoms with Gasteiger partial charge in [-0.2, -0.15) is 0 Å². The molecule has 0 bridgehead atoms. The van der Waals surface area contributed by atoms with Crippen molar-refractivity contribution in [3.63, 3.8) is 0 Å². The number of aliphatic carboxylic acids is 1. The van der Waals surface area contributed by atoms with Crippen molar-refractivity contribution in [2.24, 2.45) is 17.1 Å². The van der Waals surface area contributed by atoms with Crippen molar-refractivity contribution in [1.29, 1.82) is 0 Å². The number of carbonyl (C=O) groups is 3. The van der Waals surface area contributed by atoms with Gasteiger partial charge >= 0.3 is 12.0 Å². The van der Waals surface area contributed by atoms with E-state index in [1.165, 1.54) is 4.90 Å². The van der Waals surface area contributed by atoms with E-state index in [1.807, 2.05) is 0 Å². The van der Waals surface area contributed by atoms with E-state index < -0.39 is 17.3 Å². The second-order valence-corrected chi connectivity index (χ2v) is 5.69. The Labute approximate surface area is 122 Å². The third-order valence-corrected chi connectivity index (χ3v) is 4.36. The Balaban J connectivity index is 1.88. The van der Waals surface area contributed by atoms with Crippen molar-refractivity contribution in [1.82, 2.24) is 10.2 Å². The monoisotopic (exact) mass is 299 g/mol. The fourth-order valence-electron chi connectivity index (χ4n) is 2.76. The minimum Gasteiger partial charge on any atom is -0.481 e. The fourth-order valence-corrected chi connectivity index (χ4v) is 2.76. The lowest BCUT2D eigenvalue weighted by molar-refractivity contribution is -0.154. The number of nitrogens with two attached hydrogens (primary N) is 1. The molecule has 118 valence electrons. The lowest BCUT2D eigenvalue weighted by Crippen LogP contribution is -2.49. The molecule has 2 rings (SSSR count). The number of urea groups is 1. The SMILES string of the molecule is NC(=O)C1CCN(C(=O)NCC2(C(=O)O)CCOCC2)C1. The van der Waals surface area contributed by atoms with Gasteiger partial charge in [0.25, 0.3) is 0 Å². The number of carbonyl (C=O) groups excluding carboxylic acids is 2. The zero-order valence-corrected chi connectivity index (χ0v) is 11.8. The fraction of sp³-hybridized carbons (Fsp3) is 0.769. The van der Waals surface area contributed by atoms with Gasteiger partial charge in [-0.15, -0.1) is 0 Å². The van der Waals surface area contributed by atoms with Gasteiger partial charge in [-0.3, -0.25) is 9.59 Å². The number of hydrogen-bond acceptors (Lipinski definition) is 4. The molecule has 0 spiro atoms. The first-order valence-corrected chi connectivity index (χ1v) is 7.08. The molecule has 3 amide bonds. The van der Waals surface area contributed by atoms with Crippen LogP contribution in [0.5, 0.6) is 0 Å². The summed E-state index contributed by atoms with van der Waals surface area (Å²) in [5.74, 6) is -1.63. The highest BCUT2D eigenvalue weighted by Gasteiger charge is 2.41. The molecule has 2 aliphatic heterocycles. The molecule has 0 aromatic rings. The van der Waals surface area contributed by atoms with Crippen LogP contribution in [0.4, 0.5) is 4.79 Å². The largest absolute Gasteiger partial charge is 0.481 e. The molecule has 0 aliphatic carbocycles. The first-order valence-electron chi connectivity index (χ1n) is 7.08. The summed E-state index contributed by atoms with van der Waals surface area (Å²) in [7, 11) is 0. The molecule has 8 heteroatoms. The van der Waals surface area contributed by atoms with Gasteiger partial charge < -0.3 is 25.8 Å². The summed E-state index contributed by atoms with van der Waals surface area (Å²) in [6, 6.07) is -0.342. The lowest BCUT2D eigenvalue weighted by Gasteiger charge is -2.33. The zero-order chi connectivity index (χ0) is 15.5. The molecule has 1 atom stereocenters. The summed E-state index contributed by atoms with van der Waals surface area (Å²) in [6.07, 6.45) is 1.32. The smallest absolute Gasteiger partial charge is 0.317 e. The van der Waals surface area contributed by atoms with Crippen LogP contribution in [0.3, 0.4) is 0 Å². The molecule has 2 aliphatic rings. The predicted octanol–water partition coefficient (Wildman–Crippen LogP) is -0.615. The Kier molecular flexibility index (Phi) is 4.66. The molecule has 0 aromatic carbocycles. The van der Waals surface area contributed by atoms with Gasteiger partial charge in [-0.05, 0) is 19.3 Å². The van der Waals surface area contributed by atoms with Crippen molar-refractivity contribution < 1.29 is 24.2 Å². The number of carboxylic acid groups (broad SMARTS) is 1. The maximum atomic E-state index is 12.1. The number of nitrogens with one attached hydrogen (secondary N) is 1. The van der Waals surface area contributed by atoms with Crippen LogP contribution < -0.4 is 11.1 Å². The topological polar surface area (TPSA) is 122 Å². The summed E-state index contributed by atoms with van der Waals surface area (Å²) in [4.78, 5) is 36.1. The van der Waals surface area contributed by atoms with E-state index in [0.29, 0.717) is 45.6 Å². The van der Waals surface area contributed by atoms with Crippen LogP contribution >= 0.6 is 0 Å². The van der Waals surface area contributed by atoms with E-state index in [1.54, 1.807) is 0 Å². The van der Waals surface area contributed by atoms with Gasteiger partial charge in [0.15, 0.2) is 0 Å². The quantitative estimate of drug-likeness (QED) is 0.639. The van der Waals surface area contributed by atoms with Gasteiger partial charge in [0.2, 0.25) is 5.91 Å². The number of nitrogens with zero attached hydrogens (tertiary/aromatic N) is 1. The summed E-state index contributed by atoms with van der Waals surface area (Å²) in [5.41, 5.74) is 4.26. The molecule has 2 fully saturated rings. The molecule has 2 heterocycles. The average molecular weight is 299 g/mol. The summed E-state index contributed by atoms with van der Waals surface area (Å²) >= 11 is 0. The molecule has 0 radical (unpaired) electrons. The van der Waals surface area contributed by atoms with Crippen LogP contribution in [0.2, 0.25) is 0 Å². The number of ether oxygens (including phenoxy) is 1. The Morgan fingerprint density at radius 1 is 1.33 bits per heavy atom. The van der Waals surface area contributed by atoms with E-state index in [4.69, 9.17) is 10.5 Å². The number of carboxylic acids is 1. The third kappa shape index (κ3) is 3.44. The van der Waals surface area contributed by atoms with E-state index >= 15 is 0 Å².